The quantitative estimate of drug-likeness (QED) is 0.173. The Labute approximate surface area is 335 Å². The first-order valence-electron chi connectivity index (χ1n) is 20.4. The van der Waals surface area contributed by atoms with Crippen molar-refractivity contribution in [2.45, 2.75) is 0 Å². The Morgan fingerprint density at radius 1 is 0.339 bits per heavy atom. The molecule has 0 spiro atoms. The van der Waals surface area contributed by atoms with Gasteiger partial charge in [-0.05, 0) is 75.6 Å². The minimum atomic E-state index is 1.00. The van der Waals surface area contributed by atoms with Gasteiger partial charge in [0.25, 0.3) is 0 Å². The van der Waals surface area contributed by atoms with Gasteiger partial charge >= 0.3 is 0 Å². The lowest BCUT2D eigenvalue weighted by Crippen LogP contribution is -1.93. The fraction of sp³-hybridized carbons (Fsp3) is 0. The average Bonchev–Trinajstić information content (AvgIpc) is 4.09. The van der Waals surface area contributed by atoms with Crippen LogP contribution in [-0.2, 0) is 0 Å². The van der Waals surface area contributed by atoms with Gasteiger partial charge in [-0.1, -0.05) is 127 Å². The molecule has 0 aliphatic carbocycles. The van der Waals surface area contributed by atoms with E-state index in [9.17, 15) is 0 Å². The summed E-state index contributed by atoms with van der Waals surface area (Å²) in [5.74, 6) is 0. The van der Waals surface area contributed by atoms with Crippen molar-refractivity contribution < 1.29 is 0 Å². The van der Waals surface area contributed by atoms with Gasteiger partial charge in [0.1, 0.15) is 5.65 Å². The third-order valence-corrected chi connectivity index (χ3v) is 13.5. The highest BCUT2D eigenvalue weighted by molar-refractivity contribution is 6.42. The fourth-order valence-electron chi connectivity index (χ4n) is 11.2. The summed E-state index contributed by atoms with van der Waals surface area (Å²) in [6.07, 6.45) is 2.15. The second-order valence-corrected chi connectivity index (χ2v) is 16.3. The van der Waals surface area contributed by atoms with E-state index in [0.717, 1.165) is 16.9 Å². The van der Waals surface area contributed by atoms with Crippen LogP contribution in [0.5, 0.6) is 0 Å². The van der Waals surface area contributed by atoms with E-state index in [1.165, 1.54) is 120 Å². The Morgan fingerprint density at radius 2 is 0.932 bits per heavy atom. The maximum absolute atomic E-state index is 5.54. The van der Waals surface area contributed by atoms with Gasteiger partial charge in [-0.2, -0.15) is 0 Å². The third-order valence-electron chi connectivity index (χ3n) is 13.5. The zero-order valence-electron chi connectivity index (χ0n) is 31.6. The first kappa shape index (κ1) is 30.2. The van der Waals surface area contributed by atoms with E-state index >= 15 is 0 Å². The molecule has 0 saturated carbocycles. The zero-order valence-corrected chi connectivity index (χ0v) is 31.6. The van der Waals surface area contributed by atoms with Gasteiger partial charge in [-0.15, -0.1) is 0 Å². The Hall–Kier alpha value is -7.95. The number of fused-ring (bicyclic) bond motifs is 20. The molecule has 6 aromatic heterocycles. The summed E-state index contributed by atoms with van der Waals surface area (Å²) in [4.78, 5) is 5.54. The molecule has 6 heterocycles. The topological polar surface area (TPSA) is 26.6 Å². The fourth-order valence-corrected chi connectivity index (χ4v) is 11.2. The van der Waals surface area contributed by atoms with Crippen molar-refractivity contribution in [2.24, 2.45) is 0 Å². The predicted molar refractivity (Wildman–Crippen MR) is 248 cm³/mol. The molecule has 0 radical (unpaired) electrons. The molecule has 4 heteroatoms. The normalized spacial score (nSPS) is 12.7. The lowest BCUT2D eigenvalue weighted by molar-refractivity contribution is 1.18. The van der Waals surface area contributed by atoms with Crippen molar-refractivity contribution in [3.05, 3.63) is 182 Å². The van der Waals surface area contributed by atoms with E-state index in [2.05, 4.69) is 195 Å². The van der Waals surface area contributed by atoms with Gasteiger partial charge < -0.3 is 8.97 Å². The van der Waals surface area contributed by atoms with Crippen LogP contribution in [-0.4, -0.2) is 18.4 Å². The van der Waals surface area contributed by atoms with Gasteiger partial charge in [0.05, 0.1) is 44.8 Å². The molecule has 15 rings (SSSR count). The SMILES string of the molecule is c1ccc(-n2c3ccccc3c3cc(-c4cccc5c6cc7ccccc7c7c8c9c%10c%11ccccc%11cc%11c%12ccccc%12n(c9cnc8n(c45)c67)c%11%10)ccc32)cc1. The van der Waals surface area contributed by atoms with Crippen LogP contribution in [0.2, 0.25) is 0 Å². The van der Waals surface area contributed by atoms with Gasteiger partial charge in [-0.3, -0.25) is 4.40 Å². The largest absolute Gasteiger partial charge is 0.309 e. The van der Waals surface area contributed by atoms with Crippen molar-refractivity contribution in [2.75, 3.05) is 0 Å². The van der Waals surface area contributed by atoms with Crippen LogP contribution in [0.25, 0.3) is 136 Å². The minimum absolute atomic E-state index is 1.00. The number of pyridine rings is 1. The highest BCUT2D eigenvalue weighted by Gasteiger charge is 2.28. The third kappa shape index (κ3) is 3.56. The molecule has 9 aromatic carbocycles. The molecule has 15 aromatic rings. The smallest absolute Gasteiger partial charge is 0.146 e. The number of para-hydroxylation sites is 4. The highest BCUT2D eigenvalue weighted by atomic mass is 15.0. The molecule has 0 aliphatic heterocycles. The molecular formula is C55H30N4. The van der Waals surface area contributed by atoms with Crippen molar-refractivity contribution in [3.63, 3.8) is 0 Å². The van der Waals surface area contributed by atoms with Gasteiger partial charge in [0.2, 0.25) is 0 Å². The van der Waals surface area contributed by atoms with E-state index in [0.29, 0.717) is 0 Å². The molecular weight excluding hydrogens is 717 g/mol. The van der Waals surface area contributed by atoms with E-state index in [-0.39, 0.29) is 0 Å². The van der Waals surface area contributed by atoms with E-state index in [1.807, 2.05) is 0 Å². The molecule has 0 saturated heterocycles. The van der Waals surface area contributed by atoms with Crippen molar-refractivity contribution in [1.82, 2.24) is 18.4 Å². The lowest BCUT2D eigenvalue weighted by atomic mass is 9.96. The molecule has 4 nitrogen and oxygen atoms in total. The second kappa shape index (κ2) is 10.5. The number of benzene rings is 9. The van der Waals surface area contributed by atoms with Crippen molar-refractivity contribution >= 4 is 120 Å². The summed E-state index contributed by atoms with van der Waals surface area (Å²) < 4.78 is 7.38. The standard InChI is InChI=1S/C55H30N4/c1-2-15-34(16-3-1)57-44-23-10-8-19-38(44)41-27-33(25-26-46(41)57)37-21-12-22-40-43-29-32-14-5-7-18-36(32)49-51-50-47(30-56-55(51)59(52(37)40)54(43)49)58-45-24-11-9-20-39(45)42-28-31-13-4-6-17-35(31)48(50)53(42)58/h1-30H. The van der Waals surface area contributed by atoms with Crippen LogP contribution >= 0.6 is 0 Å². The first-order valence-corrected chi connectivity index (χ1v) is 20.4. The lowest BCUT2D eigenvalue weighted by Gasteiger charge is -2.09. The van der Waals surface area contributed by atoms with Crippen molar-refractivity contribution in [1.29, 1.82) is 0 Å². The average molecular weight is 747 g/mol. The van der Waals surface area contributed by atoms with Gasteiger partial charge in [0, 0.05) is 65.1 Å². The molecule has 0 aliphatic rings. The Morgan fingerprint density at radius 3 is 1.71 bits per heavy atom. The summed E-state index contributed by atoms with van der Waals surface area (Å²) in [5, 5.41) is 17.7. The summed E-state index contributed by atoms with van der Waals surface area (Å²) in [5.41, 5.74) is 13.0. The first-order chi connectivity index (χ1) is 29.3. The number of rotatable bonds is 2. The van der Waals surface area contributed by atoms with E-state index in [4.69, 9.17) is 4.98 Å². The number of aromatic nitrogens is 4. The van der Waals surface area contributed by atoms with Crippen LogP contribution in [0.4, 0.5) is 0 Å². The monoisotopic (exact) mass is 746 g/mol. The van der Waals surface area contributed by atoms with Crippen LogP contribution in [0.3, 0.4) is 0 Å². The highest BCUT2D eigenvalue weighted by Crippen LogP contribution is 2.51. The molecule has 0 bridgehead atoms. The molecule has 59 heavy (non-hydrogen) atoms. The van der Waals surface area contributed by atoms with Crippen molar-refractivity contribution in [3.8, 4) is 16.8 Å². The number of hydrogen-bond donors (Lipinski definition) is 0. The Kier molecular flexibility index (Phi) is 5.38. The van der Waals surface area contributed by atoms with Crippen LogP contribution in [0, 0.1) is 0 Å². The predicted octanol–water partition coefficient (Wildman–Crippen LogP) is 14.5. The summed E-state index contributed by atoms with van der Waals surface area (Å²) in [6, 6.07) is 64.9. The maximum atomic E-state index is 5.54. The molecule has 0 fully saturated rings. The van der Waals surface area contributed by atoms with Gasteiger partial charge in [-0.25, -0.2) is 4.98 Å². The maximum Gasteiger partial charge on any atom is 0.146 e. The molecule has 0 unspecified atom stereocenters. The number of hydrogen-bond acceptors (Lipinski definition) is 1. The summed E-state index contributed by atoms with van der Waals surface area (Å²) in [7, 11) is 0. The zero-order chi connectivity index (χ0) is 38.1. The number of nitrogens with zero attached hydrogens (tertiary/aromatic N) is 4. The van der Waals surface area contributed by atoms with Gasteiger partial charge in [0.15, 0.2) is 0 Å². The molecule has 270 valence electrons. The summed E-state index contributed by atoms with van der Waals surface area (Å²) in [6.45, 7) is 0. The van der Waals surface area contributed by atoms with E-state index in [1.54, 1.807) is 0 Å². The molecule has 0 amide bonds. The molecule has 0 N–H and O–H groups in total. The molecule has 0 atom stereocenters. The second-order valence-electron chi connectivity index (χ2n) is 16.3. The van der Waals surface area contributed by atoms with Crippen LogP contribution in [0.1, 0.15) is 0 Å². The minimum Gasteiger partial charge on any atom is -0.309 e. The van der Waals surface area contributed by atoms with Crippen LogP contribution in [0.15, 0.2) is 182 Å². The Balaban J connectivity index is 1.14. The van der Waals surface area contributed by atoms with E-state index < -0.39 is 0 Å². The van der Waals surface area contributed by atoms with Crippen LogP contribution < -0.4 is 0 Å². The summed E-state index contributed by atoms with van der Waals surface area (Å²) >= 11 is 0. The Bertz CT molecular complexity index is 4300.